The molecule has 0 fully saturated rings. The SMILES string of the molecule is CC/C=C\C/C=C\C/C=C\C/C=C\C/C=C\C/C=C\C/C=C\C/C=C\C/C=C\CCCC(=O)OC(COC(=O)CCCCCCCCCCCCCC/C=C\C/C=C\C/C=C\C/C=C\CC)COC(OCC[N+](C)(C)C)C(=O)[O-]. The standard InChI is InChI=1S/C70H111NO8/c1-6-8-10-12-14-16-18-20-22-24-26-28-30-32-33-34-35-37-39-41-43-45-47-49-51-53-55-57-59-61-68(73)79-66(65-78-70(69(74)75)76-63-62-71(3,4)5)64-77-67(72)60-58-56-54-52-50-48-46-44-42-40-38-36-31-29-27-25-23-21-19-17-15-13-11-9-7-2/h8-11,14-17,20-23,26-29,32-33,35,37,41,43,47,49,53,55,66,70H,6-7,12-13,18-19,24-25,30-31,34,36,38-40,42,44-46,48,50-52,54,56-65H2,1-5H3/b10-8-,11-9-,16-14-,17-15-,22-20-,23-21-,28-26-,29-27-,33-32-,37-35-,43-41-,49-47-,55-53-. The van der Waals surface area contributed by atoms with Gasteiger partial charge in [-0.05, 0) is 116 Å². The number of unbranched alkanes of at least 4 members (excludes halogenated alkanes) is 13. The minimum absolute atomic E-state index is 0.127. The van der Waals surface area contributed by atoms with Crippen molar-refractivity contribution in [3.8, 4) is 0 Å². The van der Waals surface area contributed by atoms with Crippen LogP contribution in [0.15, 0.2) is 158 Å². The molecule has 2 atom stereocenters. The zero-order valence-electron chi connectivity index (χ0n) is 50.4. The fourth-order valence-electron chi connectivity index (χ4n) is 7.65. The summed E-state index contributed by atoms with van der Waals surface area (Å²) in [6.45, 7) is 4.43. The summed E-state index contributed by atoms with van der Waals surface area (Å²) in [6.07, 6.45) is 84.5. The first-order chi connectivity index (χ1) is 38.6. The van der Waals surface area contributed by atoms with E-state index in [0.29, 0.717) is 23.9 Å². The van der Waals surface area contributed by atoms with E-state index in [0.717, 1.165) is 109 Å². The van der Waals surface area contributed by atoms with Gasteiger partial charge in [-0.3, -0.25) is 9.59 Å². The van der Waals surface area contributed by atoms with Gasteiger partial charge in [0.2, 0.25) is 0 Å². The Hall–Kier alpha value is -5.09. The van der Waals surface area contributed by atoms with E-state index in [1.54, 1.807) is 0 Å². The molecule has 0 N–H and O–H groups in total. The highest BCUT2D eigenvalue weighted by atomic mass is 16.7. The second-order valence-corrected chi connectivity index (χ2v) is 20.9. The Balaban J connectivity index is 4.37. The minimum Gasteiger partial charge on any atom is -0.545 e. The lowest BCUT2D eigenvalue weighted by Crippen LogP contribution is -2.44. The number of carbonyl (C=O) groups excluding carboxylic acids is 3. The highest BCUT2D eigenvalue weighted by Gasteiger charge is 2.21. The number of esters is 2. The van der Waals surface area contributed by atoms with Gasteiger partial charge in [-0.1, -0.05) is 236 Å². The molecule has 9 nitrogen and oxygen atoms in total. The molecule has 0 aliphatic carbocycles. The van der Waals surface area contributed by atoms with Gasteiger partial charge in [0.1, 0.15) is 13.2 Å². The van der Waals surface area contributed by atoms with Crippen LogP contribution < -0.4 is 5.11 Å². The lowest BCUT2D eigenvalue weighted by atomic mass is 10.0. The van der Waals surface area contributed by atoms with E-state index in [-0.39, 0.29) is 38.6 Å². The number of allylic oxidation sites excluding steroid dienone is 26. The zero-order chi connectivity index (χ0) is 57.6. The number of carbonyl (C=O) groups is 3. The zero-order valence-corrected chi connectivity index (χ0v) is 50.4. The lowest BCUT2D eigenvalue weighted by Gasteiger charge is -2.26. The summed E-state index contributed by atoms with van der Waals surface area (Å²) in [5.74, 6) is -2.39. The number of carboxylic acids is 1. The van der Waals surface area contributed by atoms with Crippen molar-refractivity contribution in [2.75, 3.05) is 47.5 Å². The molecule has 79 heavy (non-hydrogen) atoms. The van der Waals surface area contributed by atoms with E-state index in [1.165, 1.54) is 57.8 Å². The van der Waals surface area contributed by atoms with Crippen LogP contribution in [-0.2, 0) is 33.3 Å². The van der Waals surface area contributed by atoms with E-state index in [2.05, 4.69) is 172 Å². The third-order valence-corrected chi connectivity index (χ3v) is 12.3. The van der Waals surface area contributed by atoms with Crippen LogP contribution in [-0.4, -0.2) is 82.3 Å². The molecule has 0 saturated carbocycles. The van der Waals surface area contributed by atoms with Gasteiger partial charge >= 0.3 is 11.9 Å². The average Bonchev–Trinajstić information content (AvgIpc) is 3.42. The molecule has 0 aliphatic rings. The summed E-state index contributed by atoms with van der Waals surface area (Å²) in [5, 5.41) is 11.8. The molecule has 0 heterocycles. The third kappa shape index (κ3) is 60.4. The number of aliphatic carboxylic acids is 1. The third-order valence-electron chi connectivity index (χ3n) is 12.3. The molecule has 0 aromatic carbocycles. The van der Waals surface area contributed by atoms with Crippen molar-refractivity contribution in [1.82, 2.24) is 0 Å². The van der Waals surface area contributed by atoms with Crippen molar-refractivity contribution in [2.45, 2.75) is 219 Å². The van der Waals surface area contributed by atoms with Crippen molar-refractivity contribution in [2.24, 2.45) is 0 Å². The van der Waals surface area contributed by atoms with Crippen LogP contribution in [0.1, 0.15) is 206 Å². The van der Waals surface area contributed by atoms with Crippen LogP contribution >= 0.6 is 0 Å². The maximum atomic E-state index is 12.9. The first-order valence-corrected chi connectivity index (χ1v) is 30.6. The number of likely N-dealkylation sites (N-methyl/N-ethyl adjacent to an activating group) is 1. The average molecular weight is 1090 g/mol. The summed E-state index contributed by atoms with van der Waals surface area (Å²) in [4.78, 5) is 37.3. The van der Waals surface area contributed by atoms with Gasteiger partial charge in [0.15, 0.2) is 12.4 Å². The predicted octanol–water partition coefficient (Wildman–Crippen LogP) is 17.2. The highest BCUT2D eigenvalue weighted by Crippen LogP contribution is 2.14. The van der Waals surface area contributed by atoms with Crippen LogP contribution in [0.4, 0.5) is 0 Å². The molecule has 9 heteroatoms. The van der Waals surface area contributed by atoms with Crippen molar-refractivity contribution in [3.63, 3.8) is 0 Å². The molecule has 444 valence electrons. The Morgan fingerprint density at radius 2 is 0.696 bits per heavy atom. The summed E-state index contributed by atoms with van der Waals surface area (Å²) in [6, 6.07) is 0. The molecule has 0 radical (unpaired) electrons. The fraction of sp³-hybridized carbons (Fsp3) is 0.586. The van der Waals surface area contributed by atoms with E-state index in [1.807, 2.05) is 21.1 Å². The summed E-state index contributed by atoms with van der Waals surface area (Å²) in [5.41, 5.74) is 0. The van der Waals surface area contributed by atoms with Gasteiger partial charge in [0, 0.05) is 12.8 Å². The maximum absolute atomic E-state index is 12.9. The molecule has 0 amide bonds. The molecule has 0 aliphatic heterocycles. The highest BCUT2D eigenvalue weighted by molar-refractivity contribution is 5.70. The second kappa shape index (κ2) is 59.0. The Morgan fingerprint density at radius 1 is 0.380 bits per heavy atom. The number of hydrogen-bond donors (Lipinski definition) is 0. The molecule has 0 aromatic heterocycles. The summed E-state index contributed by atoms with van der Waals surface area (Å²) >= 11 is 0. The molecule has 0 saturated heterocycles. The minimum atomic E-state index is -1.65. The van der Waals surface area contributed by atoms with Crippen molar-refractivity contribution < 1.29 is 42.9 Å². The van der Waals surface area contributed by atoms with E-state index in [9.17, 15) is 19.5 Å². The van der Waals surface area contributed by atoms with Gasteiger partial charge in [-0.25, -0.2) is 0 Å². The summed E-state index contributed by atoms with van der Waals surface area (Å²) in [7, 11) is 5.89. The Labute approximate surface area is 483 Å². The molecule has 0 aromatic rings. The van der Waals surface area contributed by atoms with Crippen LogP contribution in [0.2, 0.25) is 0 Å². The van der Waals surface area contributed by atoms with Gasteiger partial charge in [-0.2, -0.15) is 0 Å². The molecule has 2 unspecified atom stereocenters. The van der Waals surface area contributed by atoms with Gasteiger partial charge in [0.05, 0.1) is 40.3 Å². The molecule has 0 bridgehead atoms. The normalized spacial score (nSPS) is 13.9. The Bertz CT molecular complexity index is 1850. The van der Waals surface area contributed by atoms with Crippen molar-refractivity contribution in [3.05, 3.63) is 158 Å². The van der Waals surface area contributed by atoms with Crippen molar-refractivity contribution in [1.29, 1.82) is 0 Å². The largest absolute Gasteiger partial charge is 0.545 e. The Kier molecular flexibility index (Phi) is 55.2. The second-order valence-electron chi connectivity index (χ2n) is 20.9. The van der Waals surface area contributed by atoms with Crippen LogP contribution in [0, 0.1) is 0 Å². The Morgan fingerprint density at radius 3 is 1.05 bits per heavy atom. The van der Waals surface area contributed by atoms with Crippen molar-refractivity contribution >= 4 is 17.9 Å². The number of ether oxygens (including phenoxy) is 4. The fourth-order valence-corrected chi connectivity index (χ4v) is 7.65. The summed E-state index contributed by atoms with van der Waals surface area (Å²) < 4.78 is 22.6. The van der Waals surface area contributed by atoms with Crippen LogP contribution in [0.25, 0.3) is 0 Å². The number of nitrogens with zero attached hydrogens (tertiary/aromatic N) is 1. The van der Waals surface area contributed by atoms with Crippen LogP contribution in [0.5, 0.6) is 0 Å². The quantitative estimate of drug-likeness (QED) is 0.0195. The number of rotatable bonds is 54. The number of quaternary nitrogens is 1. The lowest BCUT2D eigenvalue weighted by molar-refractivity contribution is -0.870. The van der Waals surface area contributed by atoms with E-state index >= 15 is 0 Å². The first-order valence-electron chi connectivity index (χ1n) is 30.6. The number of carboxylic acid groups (broad SMARTS) is 1. The van der Waals surface area contributed by atoms with Crippen LogP contribution in [0.3, 0.4) is 0 Å². The molecule has 0 spiro atoms. The maximum Gasteiger partial charge on any atom is 0.306 e. The topological polar surface area (TPSA) is 111 Å². The van der Waals surface area contributed by atoms with Gasteiger partial charge in [0.25, 0.3) is 0 Å². The predicted molar refractivity (Wildman–Crippen MR) is 333 cm³/mol. The molecule has 0 rings (SSSR count). The first kappa shape index (κ1) is 73.9. The molecular formula is C70H111NO8. The smallest absolute Gasteiger partial charge is 0.306 e. The molecular weight excluding hydrogens is 983 g/mol. The number of hydrogen-bond acceptors (Lipinski definition) is 8. The van der Waals surface area contributed by atoms with E-state index < -0.39 is 24.3 Å². The van der Waals surface area contributed by atoms with E-state index in [4.69, 9.17) is 18.9 Å². The van der Waals surface area contributed by atoms with Gasteiger partial charge in [-0.15, -0.1) is 0 Å². The van der Waals surface area contributed by atoms with Gasteiger partial charge < -0.3 is 33.3 Å². The monoisotopic (exact) mass is 1090 g/mol.